The Bertz CT molecular complexity index is 543. The standard InChI is InChI=1S/C15H18N2O/c1-3-9-17-10-8-16-15(17)13-7-5-6-12(11-13)14(18)4-2/h5-8,10-11H,3-4,9H2,1-2H3. The number of carbonyl (C=O) groups excluding carboxylic acids is 1. The predicted molar refractivity (Wildman–Crippen MR) is 72.6 cm³/mol. The average molecular weight is 242 g/mol. The van der Waals surface area contributed by atoms with E-state index in [-0.39, 0.29) is 5.78 Å². The molecule has 1 aromatic heterocycles. The number of imidazole rings is 1. The van der Waals surface area contributed by atoms with Gasteiger partial charge < -0.3 is 4.57 Å². The molecule has 0 fully saturated rings. The highest BCUT2D eigenvalue weighted by Crippen LogP contribution is 2.19. The molecule has 0 atom stereocenters. The van der Waals surface area contributed by atoms with E-state index < -0.39 is 0 Å². The molecule has 0 unspecified atom stereocenters. The van der Waals surface area contributed by atoms with Crippen LogP contribution in [-0.4, -0.2) is 15.3 Å². The molecule has 0 aliphatic heterocycles. The molecule has 94 valence electrons. The first-order chi connectivity index (χ1) is 8.76. The molecule has 0 amide bonds. The van der Waals surface area contributed by atoms with Gasteiger partial charge in [0.2, 0.25) is 0 Å². The molecular weight excluding hydrogens is 224 g/mol. The summed E-state index contributed by atoms with van der Waals surface area (Å²) in [5, 5.41) is 0. The van der Waals surface area contributed by atoms with Crippen LogP contribution in [0.15, 0.2) is 36.7 Å². The highest BCUT2D eigenvalue weighted by Gasteiger charge is 2.08. The van der Waals surface area contributed by atoms with E-state index in [9.17, 15) is 4.79 Å². The highest BCUT2D eigenvalue weighted by molar-refractivity contribution is 5.96. The number of Topliss-reactive ketones (excluding diaryl/α,β-unsaturated/α-hetero) is 1. The van der Waals surface area contributed by atoms with Crippen LogP contribution in [0.25, 0.3) is 11.4 Å². The third kappa shape index (κ3) is 2.50. The van der Waals surface area contributed by atoms with Gasteiger partial charge in [-0.3, -0.25) is 4.79 Å². The highest BCUT2D eigenvalue weighted by atomic mass is 16.1. The van der Waals surface area contributed by atoms with E-state index in [4.69, 9.17) is 0 Å². The van der Waals surface area contributed by atoms with Gasteiger partial charge in [0.25, 0.3) is 0 Å². The van der Waals surface area contributed by atoms with Crippen LogP contribution in [0.3, 0.4) is 0 Å². The molecule has 3 nitrogen and oxygen atoms in total. The summed E-state index contributed by atoms with van der Waals surface area (Å²) >= 11 is 0. The third-order valence-corrected chi connectivity index (χ3v) is 2.94. The van der Waals surface area contributed by atoms with Crippen molar-refractivity contribution in [1.82, 2.24) is 9.55 Å². The molecular formula is C15H18N2O. The van der Waals surface area contributed by atoms with Gasteiger partial charge in [-0.15, -0.1) is 0 Å². The Kier molecular flexibility index (Phi) is 3.92. The van der Waals surface area contributed by atoms with Gasteiger partial charge in [0, 0.05) is 36.5 Å². The van der Waals surface area contributed by atoms with Crippen LogP contribution in [0.4, 0.5) is 0 Å². The quantitative estimate of drug-likeness (QED) is 0.751. The molecule has 0 N–H and O–H groups in total. The zero-order valence-electron chi connectivity index (χ0n) is 10.9. The second-order valence-electron chi connectivity index (χ2n) is 4.30. The van der Waals surface area contributed by atoms with Gasteiger partial charge in [-0.25, -0.2) is 4.98 Å². The monoisotopic (exact) mass is 242 g/mol. The molecule has 2 aromatic rings. The molecule has 0 saturated carbocycles. The molecule has 0 radical (unpaired) electrons. The van der Waals surface area contributed by atoms with E-state index in [0.29, 0.717) is 6.42 Å². The Hall–Kier alpha value is -1.90. The van der Waals surface area contributed by atoms with Crippen molar-refractivity contribution in [1.29, 1.82) is 0 Å². The summed E-state index contributed by atoms with van der Waals surface area (Å²) in [5.74, 6) is 1.10. The fourth-order valence-corrected chi connectivity index (χ4v) is 2.03. The van der Waals surface area contributed by atoms with Crippen LogP contribution in [0.1, 0.15) is 37.0 Å². The maximum atomic E-state index is 11.7. The Morgan fingerprint density at radius 2 is 2.17 bits per heavy atom. The van der Waals surface area contributed by atoms with Gasteiger partial charge in [0.1, 0.15) is 5.82 Å². The van der Waals surface area contributed by atoms with Gasteiger partial charge in [0.05, 0.1) is 0 Å². The predicted octanol–water partition coefficient (Wildman–Crippen LogP) is 3.55. The SMILES string of the molecule is CCCn1ccnc1-c1cccc(C(=O)CC)c1. The largest absolute Gasteiger partial charge is 0.331 e. The minimum atomic E-state index is 0.172. The minimum absolute atomic E-state index is 0.172. The molecule has 0 aliphatic rings. The van der Waals surface area contributed by atoms with Gasteiger partial charge in [-0.2, -0.15) is 0 Å². The van der Waals surface area contributed by atoms with E-state index in [1.54, 1.807) is 6.20 Å². The first kappa shape index (κ1) is 12.6. The van der Waals surface area contributed by atoms with Crippen molar-refractivity contribution in [2.75, 3.05) is 0 Å². The summed E-state index contributed by atoms with van der Waals surface area (Å²) in [4.78, 5) is 16.1. The molecule has 3 heteroatoms. The van der Waals surface area contributed by atoms with Crippen molar-refractivity contribution in [3.05, 3.63) is 42.2 Å². The van der Waals surface area contributed by atoms with Crippen molar-refractivity contribution in [3.8, 4) is 11.4 Å². The van der Waals surface area contributed by atoms with Gasteiger partial charge in [0.15, 0.2) is 5.78 Å². The number of nitrogens with zero attached hydrogens (tertiary/aromatic N) is 2. The smallest absolute Gasteiger partial charge is 0.162 e. The summed E-state index contributed by atoms with van der Waals surface area (Å²) in [6.07, 6.45) is 5.39. The Labute approximate surface area is 107 Å². The van der Waals surface area contributed by atoms with Crippen LogP contribution < -0.4 is 0 Å². The fourth-order valence-electron chi connectivity index (χ4n) is 2.03. The molecule has 1 heterocycles. The lowest BCUT2D eigenvalue weighted by atomic mass is 10.1. The van der Waals surface area contributed by atoms with E-state index in [2.05, 4.69) is 16.5 Å². The topological polar surface area (TPSA) is 34.9 Å². The number of hydrogen-bond acceptors (Lipinski definition) is 2. The summed E-state index contributed by atoms with van der Waals surface area (Å²) in [5.41, 5.74) is 1.77. The Morgan fingerprint density at radius 1 is 1.33 bits per heavy atom. The van der Waals surface area contributed by atoms with E-state index in [1.165, 1.54) is 0 Å². The molecule has 0 saturated heterocycles. The fraction of sp³-hybridized carbons (Fsp3) is 0.333. The maximum absolute atomic E-state index is 11.7. The van der Waals surface area contributed by atoms with Crippen LogP contribution in [0.5, 0.6) is 0 Å². The molecule has 0 aliphatic carbocycles. The summed E-state index contributed by atoms with van der Waals surface area (Å²) in [7, 11) is 0. The van der Waals surface area contributed by atoms with Crippen molar-refractivity contribution < 1.29 is 4.79 Å². The number of benzene rings is 1. The Balaban J connectivity index is 2.38. The normalized spacial score (nSPS) is 10.6. The molecule has 2 rings (SSSR count). The van der Waals surface area contributed by atoms with Crippen molar-refractivity contribution in [2.24, 2.45) is 0 Å². The number of rotatable bonds is 5. The second-order valence-corrected chi connectivity index (χ2v) is 4.30. The van der Waals surface area contributed by atoms with Crippen LogP contribution in [0.2, 0.25) is 0 Å². The van der Waals surface area contributed by atoms with Gasteiger partial charge >= 0.3 is 0 Å². The number of hydrogen-bond donors (Lipinski definition) is 0. The van der Waals surface area contributed by atoms with Crippen molar-refractivity contribution in [2.45, 2.75) is 33.2 Å². The van der Waals surface area contributed by atoms with Crippen LogP contribution >= 0.6 is 0 Å². The third-order valence-electron chi connectivity index (χ3n) is 2.94. The molecule has 0 spiro atoms. The number of ketones is 1. The number of carbonyl (C=O) groups is 1. The van der Waals surface area contributed by atoms with Crippen molar-refractivity contribution >= 4 is 5.78 Å². The number of aryl methyl sites for hydroxylation is 1. The first-order valence-electron chi connectivity index (χ1n) is 6.41. The number of aromatic nitrogens is 2. The van der Waals surface area contributed by atoms with Gasteiger partial charge in [-0.1, -0.05) is 32.0 Å². The van der Waals surface area contributed by atoms with Crippen molar-refractivity contribution in [3.63, 3.8) is 0 Å². The zero-order chi connectivity index (χ0) is 13.0. The van der Waals surface area contributed by atoms with E-state index in [1.807, 2.05) is 37.4 Å². The second kappa shape index (κ2) is 5.63. The summed E-state index contributed by atoms with van der Waals surface area (Å²) in [6, 6.07) is 7.72. The van der Waals surface area contributed by atoms with Crippen LogP contribution in [-0.2, 0) is 6.54 Å². The summed E-state index contributed by atoms with van der Waals surface area (Å²) in [6.45, 7) is 4.97. The first-order valence-corrected chi connectivity index (χ1v) is 6.41. The van der Waals surface area contributed by atoms with Gasteiger partial charge in [-0.05, 0) is 12.5 Å². The molecule has 18 heavy (non-hydrogen) atoms. The lowest BCUT2D eigenvalue weighted by molar-refractivity contribution is 0.0988. The lowest BCUT2D eigenvalue weighted by Gasteiger charge is -2.07. The Morgan fingerprint density at radius 3 is 2.89 bits per heavy atom. The molecule has 0 bridgehead atoms. The minimum Gasteiger partial charge on any atom is -0.331 e. The average Bonchev–Trinajstić information content (AvgIpc) is 2.87. The van der Waals surface area contributed by atoms with E-state index >= 15 is 0 Å². The van der Waals surface area contributed by atoms with E-state index in [0.717, 1.165) is 29.9 Å². The zero-order valence-corrected chi connectivity index (χ0v) is 10.9. The summed E-state index contributed by atoms with van der Waals surface area (Å²) < 4.78 is 2.12. The molecule has 1 aromatic carbocycles. The maximum Gasteiger partial charge on any atom is 0.162 e. The lowest BCUT2D eigenvalue weighted by Crippen LogP contribution is -2.00. The van der Waals surface area contributed by atoms with Crippen LogP contribution in [0, 0.1) is 0 Å².